The van der Waals surface area contributed by atoms with E-state index in [4.69, 9.17) is 5.11 Å². The summed E-state index contributed by atoms with van der Waals surface area (Å²) in [4.78, 5) is 1.59. The summed E-state index contributed by atoms with van der Waals surface area (Å²) in [6, 6.07) is 0.529. The van der Waals surface area contributed by atoms with Gasteiger partial charge in [-0.05, 0) is 0 Å². The molecular formula is C8H20N2O+2. The van der Waals surface area contributed by atoms with Crippen LogP contribution in [0.15, 0.2) is 0 Å². The van der Waals surface area contributed by atoms with Crippen molar-refractivity contribution in [3.63, 3.8) is 0 Å². The lowest BCUT2D eigenvalue weighted by Gasteiger charge is -2.18. The fourth-order valence-electron chi connectivity index (χ4n) is 1.89. The number of likely N-dealkylation sites (tertiary alicyclic amines) is 1. The third-order valence-electron chi connectivity index (χ3n) is 2.60. The highest BCUT2D eigenvalue weighted by Gasteiger charge is 2.26. The molecule has 0 spiro atoms. The van der Waals surface area contributed by atoms with Gasteiger partial charge in [-0.15, -0.1) is 0 Å². The van der Waals surface area contributed by atoms with Crippen LogP contribution in [-0.2, 0) is 0 Å². The first-order valence-electron chi connectivity index (χ1n) is 4.63. The molecule has 1 saturated heterocycles. The minimum Gasteiger partial charge on any atom is -0.390 e. The molecule has 0 aromatic heterocycles. The maximum atomic E-state index is 9.00. The van der Waals surface area contributed by atoms with E-state index in [-0.39, 0.29) is 0 Å². The lowest BCUT2D eigenvalue weighted by molar-refractivity contribution is -0.913. The molecule has 0 aromatic carbocycles. The molecule has 1 aliphatic heterocycles. The molecule has 0 aromatic rings. The average molecular weight is 160 g/mol. The largest absolute Gasteiger partial charge is 0.390 e. The minimum atomic E-state index is 0.368. The SMILES string of the molecule is [NH3+]CCC[NH+]1CCC[C@H]1CO. The first kappa shape index (κ1) is 8.97. The molecule has 3 nitrogen and oxygen atoms in total. The molecule has 2 atom stereocenters. The molecule has 0 saturated carbocycles. The molecule has 0 aliphatic carbocycles. The van der Waals surface area contributed by atoms with Crippen LogP contribution in [0.3, 0.4) is 0 Å². The molecule has 5 N–H and O–H groups in total. The van der Waals surface area contributed by atoms with Crippen molar-refractivity contribution in [3.8, 4) is 0 Å². The number of quaternary nitrogens is 2. The Hall–Kier alpha value is -0.120. The van der Waals surface area contributed by atoms with Gasteiger partial charge in [-0.3, -0.25) is 0 Å². The van der Waals surface area contributed by atoms with Gasteiger partial charge in [0.2, 0.25) is 0 Å². The molecule has 11 heavy (non-hydrogen) atoms. The van der Waals surface area contributed by atoms with Crippen molar-refractivity contribution in [2.75, 3.05) is 26.2 Å². The van der Waals surface area contributed by atoms with E-state index in [0.29, 0.717) is 12.6 Å². The zero-order valence-electron chi connectivity index (χ0n) is 7.18. The van der Waals surface area contributed by atoms with Gasteiger partial charge in [0.1, 0.15) is 6.04 Å². The third kappa shape index (κ3) is 2.43. The van der Waals surface area contributed by atoms with E-state index in [1.165, 1.54) is 32.4 Å². The van der Waals surface area contributed by atoms with E-state index < -0.39 is 0 Å². The van der Waals surface area contributed by atoms with Crippen molar-refractivity contribution in [1.29, 1.82) is 0 Å². The van der Waals surface area contributed by atoms with Gasteiger partial charge in [0.25, 0.3) is 0 Å². The molecule has 0 amide bonds. The van der Waals surface area contributed by atoms with Crippen LogP contribution in [0.2, 0.25) is 0 Å². The topological polar surface area (TPSA) is 52.3 Å². The summed E-state index contributed by atoms with van der Waals surface area (Å²) in [6.07, 6.45) is 3.70. The first-order valence-corrected chi connectivity index (χ1v) is 4.63. The molecule has 1 heterocycles. The number of hydrogen-bond donors (Lipinski definition) is 3. The first-order chi connectivity index (χ1) is 5.38. The standard InChI is InChI=1S/C8H18N2O/c9-4-2-6-10-5-1-3-8(10)7-11/h8,11H,1-7,9H2/p+2/t8-/m0/s1. The summed E-state index contributed by atoms with van der Waals surface area (Å²) in [6.45, 7) is 3.86. The summed E-state index contributed by atoms with van der Waals surface area (Å²) >= 11 is 0. The average Bonchev–Trinajstić information content (AvgIpc) is 2.47. The lowest BCUT2D eigenvalue weighted by atomic mass is 10.2. The van der Waals surface area contributed by atoms with E-state index in [0.717, 1.165) is 6.54 Å². The second-order valence-corrected chi connectivity index (χ2v) is 3.39. The Kier molecular flexibility index (Phi) is 3.83. The highest BCUT2D eigenvalue weighted by Crippen LogP contribution is 1.98. The van der Waals surface area contributed by atoms with Crippen molar-refractivity contribution < 1.29 is 15.7 Å². The summed E-state index contributed by atoms with van der Waals surface area (Å²) in [5, 5.41) is 9.00. The van der Waals surface area contributed by atoms with E-state index in [1.54, 1.807) is 4.90 Å². The second kappa shape index (κ2) is 4.70. The predicted molar refractivity (Wildman–Crippen MR) is 43.2 cm³/mol. The fraction of sp³-hybridized carbons (Fsp3) is 1.00. The van der Waals surface area contributed by atoms with Gasteiger partial charge >= 0.3 is 0 Å². The number of rotatable bonds is 4. The molecule has 1 aliphatic rings. The van der Waals surface area contributed by atoms with Gasteiger partial charge in [-0.2, -0.15) is 0 Å². The highest BCUT2D eigenvalue weighted by molar-refractivity contribution is 4.60. The summed E-state index contributed by atoms with van der Waals surface area (Å²) in [5.41, 5.74) is 3.82. The van der Waals surface area contributed by atoms with Gasteiger partial charge in [0.05, 0.1) is 26.2 Å². The Morgan fingerprint density at radius 2 is 2.36 bits per heavy atom. The van der Waals surface area contributed by atoms with Crippen molar-refractivity contribution in [2.45, 2.75) is 25.3 Å². The van der Waals surface area contributed by atoms with Crippen LogP contribution in [0.1, 0.15) is 19.3 Å². The van der Waals surface area contributed by atoms with Crippen molar-refractivity contribution in [3.05, 3.63) is 0 Å². The molecule has 66 valence electrons. The Morgan fingerprint density at radius 1 is 1.55 bits per heavy atom. The van der Waals surface area contributed by atoms with Gasteiger partial charge in [-0.1, -0.05) is 0 Å². The fourth-order valence-corrected chi connectivity index (χ4v) is 1.89. The molecule has 1 rings (SSSR count). The third-order valence-corrected chi connectivity index (χ3v) is 2.60. The normalized spacial score (nSPS) is 31.1. The Morgan fingerprint density at radius 3 is 3.00 bits per heavy atom. The van der Waals surface area contributed by atoms with Gasteiger partial charge in [0, 0.05) is 19.3 Å². The number of aliphatic hydroxyl groups is 1. The van der Waals surface area contributed by atoms with E-state index in [1.807, 2.05) is 0 Å². The van der Waals surface area contributed by atoms with Gasteiger partial charge in [-0.25, -0.2) is 0 Å². The van der Waals surface area contributed by atoms with Gasteiger partial charge in [0.15, 0.2) is 0 Å². The Balaban J connectivity index is 2.20. The van der Waals surface area contributed by atoms with Crippen molar-refractivity contribution in [1.82, 2.24) is 0 Å². The molecule has 0 bridgehead atoms. The summed E-state index contributed by atoms with van der Waals surface area (Å²) in [7, 11) is 0. The van der Waals surface area contributed by atoms with Crippen molar-refractivity contribution in [2.24, 2.45) is 0 Å². The number of hydrogen-bond acceptors (Lipinski definition) is 1. The number of aliphatic hydroxyl groups excluding tert-OH is 1. The van der Waals surface area contributed by atoms with Crippen LogP contribution in [0.4, 0.5) is 0 Å². The molecule has 1 unspecified atom stereocenters. The van der Waals surface area contributed by atoms with Crippen LogP contribution >= 0.6 is 0 Å². The lowest BCUT2D eigenvalue weighted by Crippen LogP contribution is -3.14. The predicted octanol–water partition coefficient (Wildman–Crippen LogP) is -2.34. The van der Waals surface area contributed by atoms with Crippen molar-refractivity contribution >= 4 is 0 Å². The van der Waals surface area contributed by atoms with Crippen LogP contribution in [0.25, 0.3) is 0 Å². The molecule has 3 heteroatoms. The zero-order valence-corrected chi connectivity index (χ0v) is 7.18. The minimum absolute atomic E-state index is 0.368. The quantitative estimate of drug-likeness (QED) is 0.424. The summed E-state index contributed by atoms with van der Waals surface area (Å²) in [5.74, 6) is 0. The number of nitrogens with one attached hydrogen (secondary N) is 1. The highest BCUT2D eigenvalue weighted by atomic mass is 16.3. The van der Waals surface area contributed by atoms with Gasteiger partial charge < -0.3 is 15.7 Å². The smallest absolute Gasteiger partial charge is 0.111 e. The van der Waals surface area contributed by atoms with Crippen LogP contribution < -0.4 is 10.6 Å². The maximum absolute atomic E-state index is 9.00. The zero-order chi connectivity index (χ0) is 8.10. The van der Waals surface area contributed by atoms with Crippen LogP contribution in [0.5, 0.6) is 0 Å². The monoisotopic (exact) mass is 160 g/mol. The second-order valence-electron chi connectivity index (χ2n) is 3.39. The Bertz CT molecular complexity index is 108. The van der Waals surface area contributed by atoms with E-state index >= 15 is 0 Å². The van der Waals surface area contributed by atoms with Crippen LogP contribution in [0, 0.1) is 0 Å². The Labute approximate surface area is 68.2 Å². The van der Waals surface area contributed by atoms with Crippen LogP contribution in [-0.4, -0.2) is 37.4 Å². The molecule has 0 radical (unpaired) electrons. The maximum Gasteiger partial charge on any atom is 0.111 e. The molecular weight excluding hydrogens is 140 g/mol. The molecule has 1 fully saturated rings. The van der Waals surface area contributed by atoms with E-state index in [9.17, 15) is 0 Å². The van der Waals surface area contributed by atoms with E-state index in [2.05, 4.69) is 5.73 Å². The summed E-state index contributed by atoms with van der Waals surface area (Å²) < 4.78 is 0.